The van der Waals surface area contributed by atoms with Crippen molar-refractivity contribution in [3.05, 3.63) is 29.6 Å². The highest BCUT2D eigenvalue weighted by Gasteiger charge is 2.29. The average molecular weight is 349 g/mol. The molecule has 2 rings (SSSR count). The highest BCUT2D eigenvalue weighted by Crippen LogP contribution is 2.16. The van der Waals surface area contributed by atoms with Gasteiger partial charge in [0.2, 0.25) is 5.91 Å². The highest BCUT2D eigenvalue weighted by molar-refractivity contribution is 6.39. The zero-order chi connectivity index (χ0) is 18.6. The van der Waals surface area contributed by atoms with Crippen LogP contribution >= 0.6 is 0 Å². The lowest BCUT2D eigenvalue weighted by Gasteiger charge is -2.33. The topological polar surface area (TPSA) is 78.5 Å². The van der Waals surface area contributed by atoms with Crippen molar-refractivity contribution < 1.29 is 18.8 Å². The SMILES string of the molecule is Cc1ccc(F)c(NC(=O)C(=O)N2CCCC(NC(=O)C(C)C)C2)c1. The minimum absolute atomic E-state index is 0.0139. The van der Waals surface area contributed by atoms with Gasteiger partial charge in [0.25, 0.3) is 0 Å². The quantitative estimate of drug-likeness (QED) is 0.817. The number of halogens is 1. The van der Waals surface area contributed by atoms with E-state index < -0.39 is 17.6 Å². The molecule has 1 heterocycles. The first kappa shape index (κ1) is 18.9. The summed E-state index contributed by atoms with van der Waals surface area (Å²) in [4.78, 5) is 37.7. The van der Waals surface area contributed by atoms with Crippen LogP contribution in [0.15, 0.2) is 18.2 Å². The summed E-state index contributed by atoms with van der Waals surface area (Å²) < 4.78 is 13.7. The summed E-state index contributed by atoms with van der Waals surface area (Å²) >= 11 is 0. The number of aryl methyl sites for hydroxylation is 1. The molecule has 0 radical (unpaired) electrons. The molecule has 1 aromatic carbocycles. The molecule has 1 saturated heterocycles. The van der Waals surface area contributed by atoms with Gasteiger partial charge in [0, 0.05) is 25.0 Å². The zero-order valence-electron chi connectivity index (χ0n) is 14.8. The zero-order valence-corrected chi connectivity index (χ0v) is 14.8. The van der Waals surface area contributed by atoms with Crippen molar-refractivity contribution in [2.75, 3.05) is 18.4 Å². The second-order valence-corrected chi connectivity index (χ2v) is 6.69. The van der Waals surface area contributed by atoms with Crippen molar-refractivity contribution in [1.29, 1.82) is 0 Å². The third-order valence-electron chi connectivity index (χ3n) is 4.14. The van der Waals surface area contributed by atoms with E-state index >= 15 is 0 Å². The standard InChI is InChI=1S/C18H24FN3O3/c1-11(2)16(23)20-13-5-4-8-22(10-13)18(25)17(24)21-15-9-12(3)6-7-14(15)19/h6-7,9,11,13H,4-5,8,10H2,1-3H3,(H,20,23)(H,21,24). The van der Waals surface area contributed by atoms with Gasteiger partial charge in [0.05, 0.1) is 5.69 Å². The lowest BCUT2D eigenvalue weighted by Crippen LogP contribution is -2.52. The molecule has 0 aromatic heterocycles. The van der Waals surface area contributed by atoms with Crippen LogP contribution in [0.5, 0.6) is 0 Å². The van der Waals surface area contributed by atoms with Gasteiger partial charge < -0.3 is 15.5 Å². The van der Waals surface area contributed by atoms with Gasteiger partial charge in [-0.2, -0.15) is 0 Å². The summed E-state index contributed by atoms with van der Waals surface area (Å²) in [6.07, 6.45) is 1.46. The number of hydrogen-bond acceptors (Lipinski definition) is 3. The minimum Gasteiger partial charge on any atom is -0.351 e. The van der Waals surface area contributed by atoms with Crippen LogP contribution in [-0.4, -0.2) is 41.8 Å². The molecule has 6 nitrogen and oxygen atoms in total. The van der Waals surface area contributed by atoms with Gasteiger partial charge in [0.1, 0.15) is 5.82 Å². The maximum absolute atomic E-state index is 13.7. The first-order valence-electron chi connectivity index (χ1n) is 8.44. The Morgan fingerprint density at radius 1 is 1.28 bits per heavy atom. The summed E-state index contributed by atoms with van der Waals surface area (Å²) in [6.45, 7) is 6.08. The van der Waals surface area contributed by atoms with Gasteiger partial charge in [-0.05, 0) is 37.5 Å². The molecule has 0 spiro atoms. The molecular formula is C18H24FN3O3. The average Bonchev–Trinajstić information content (AvgIpc) is 2.57. The number of likely N-dealkylation sites (tertiary alicyclic amines) is 1. The Morgan fingerprint density at radius 2 is 2.00 bits per heavy atom. The van der Waals surface area contributed by atoms with Crippen LogP contribution < -0.4 is 10.6 Å². The van der Waals surface area contributed by atoms with Crippen LogP contribution in [0.25, 0.3) is 0 Å². The third-order valence-corrected chi connectivity index (χ3v) is 4.14. The molecule has 1 unspecified atom stereocenters. The number of hydrogen-bond donors (Lipinski definition) is 2. The molecule has 0 bridgehead atoms. The molecule has 25 heavy (non-hydrogen) atoms. The van der Waals surface area contributed by atoms with E-state index in [2.05, 4.69) is 10.6 Å². The first-order chi connectivity index (χ1) is 11.8. The largest absolute Gasteiger partial charge is 0.351 e. The van der Waals surface area contributed by atoms with E-state index in [4.69, 9.17) is 0 Å². The number of benzene rings is 1. The van der Waals surface area contributed by atoms with Gasteiger partial charge in [0.15, 0.2) is 0 Å². The van der Waals surface area contributed by atoms with E-state index in [-0.39, 0.29) is 30.1 Å². The second kappa shape index (κ2) is 8.09. The van der Waals surface area contributed by atoms with Crippen LogP contribution in [0.4, 0.5) is 10.1 Å². The Bertz CT molecular complexity index is 676. The number of piperidine rings is 1. The molecule has 7 heteroatoms. The van der Waals surface area contributed by atoms with E-state index in [9.17, 15) is 18.8 Å². The van der Waals surface area contributed by atoms with E-state index in [1.807, 2.05) is 0 Å². The smallest absolute Gasteiger partial charge is 0.313 e. The number of nitrogens with zero attached hydrogens (tertiary/aromatic N) is 1. The van der Waals surface area contributed by atoms with Crippen LogP contribution in [0.2, 0.25) is 0 Å². The second-order valence-electron chi connectivity index (χ2n) is 6.69. The molecule has 1 aliphatic rings. The fourth-order valence-electron chi connectivity index (χ4n) is 2.70. The third kappa shape index (κ3) is 5.01. The van der Waals surface area contributed by atoms with E-state index in [1.165, 1.54) is 17.0 Å². The van der Waals surface area contributed by atoms with Crippen LogP contribution in [0.3, 0.4) is 0 Å². The predicted octanol–water partition coefficient (Wildman–Crippen LogP) is 1.84. The van der Waals surface area contributed by atoms with Crippen LogP contribution in [-0.2, 0) is 14.4 Å². The Morgan fingerprint density at radius 3 is 2.68 bits per heavy atom. The van der Waals surface area contributed by atoms with E-state index in [0.717, 1.165) is 12.0 Å². The number of rotatable bonds is 3. The van der Waals surface area contributed by atoms with Crippen LogP contribution in [0.1, 0.15) is 32.3 Å². The summed E-state index contributed by atoms with van der Waals surface area (Å²) in [6, 6.07) is 4.13. The lowest BCUT2D eigenvalue weighted by atomic mass is 10.0. The van der Waals surface area contributed by atoms with E-state index in [0.29, 0.717) is 13.0 Å². The number of amides is 3. The van der Waals surface area contributed by atoms with Crippen molar-refractivity contribution in [2.45, 2.75) is 39.7 Å². The fourth-order valence-corrected chi connectivity index (χ4v) is 2.70. The fraction of sp³-hybridized carbons (Fsp3) is 0.500. The van der Waals surface area contributed by atoms with Crippen molar-refractivity contribution in [1.82, 2.24) is 10.2 Å². The molecule has 0 aliphatic carbocycles. The molecule has 1 atom stereocenters. The van der Waals surface area contributed by atoms with Crippen molar-refractivity contribution >= 4 is 23.4 Å². The van der Waals surface area contributed by atoms with Gasteiger partial charge >= 0.3 is 11.8 Å². The lowest BCUT2D eigenvalue weighted by molar-refractivity contribution is -0.144. The summed E-state index contributed by atoms with van der Waals surface area (Å²) in [7, 11) is 0. The molecule has 1 aliphatic heterocycles. The molecule has 1 aromatic rings. The van der Waals surface area contributed by atoms with Crippen molar-refractivity contribution in [3.63, 3.8) is 0 Å². The maximum atomic E-state index is 13.7. The number of nitrogens with one attached hydrogen (secondary N) is 2. The summed E-state index contributed by atoms with van der Waals surface area (Å²) in [5.74, 6) is -2.40. The molecular weight excluding hydrogens is 325 g/mol. The number of carbonyl (C=O) groups is 3. The summed E-state index contributed by atoms with van der Waals surface area (Å²) in [5, 5.41) is 5.21. The highest BCUT2D eigenvalue weighted by atomic mass is 19.1. The minimum atomic E-state index is -0.875. The van der Waals surface area contributed by atoms with Gasteiger partial charge in [-0.1, -0.05) is 19.9 Å². The van der Waals surface area contributed by atoms with Crippen molar-refractivity contribution in [3.8, 4) is 0 Å². The van der Waals surface area contributed by atoms with Crippen molar-refractivity contribution in [2.24, 2.45) is 5.92 Å². The predicted molar refractivity (Wildman–Crippen MR) is 92.3 cm³/mol. The Hall–Kier alpha value is -2.44. The Balaban J connectivity index is 1.98. The maximum Gasteiger partial charge on any atom is 0.313 e. The van der Waals surface area contributed by atoms with E-state index in [1.54, 1.807) is 26.8 Å². The Kier molecular flexibility index (Phi) is 6.12. The molecule has 3 amide bonds. The normalized spacial score (nSPS) is 17.3. The number of anilines is 1. The molecule has 136 valence electrons. The molecule has 1 fully saturated rings. The monoisotopic (exact) mass is 349 g/mol. The number of carbonyl (C=O) groups excluding carboxylic acids is 3. The van der Waals surface area contributed by atoms with Gasteiger partial charge in [-0.25, -0.2) is 4.39 Å². The van der Waals surface area contributed by atoms with Crippen LogP contribution in [0, 0.1) is 18.7 Å². The summed E-state index contributed by atoms with van der Waals surface area (Å²) in [5.41, 5.74) is 0.763. The van der Waals surface area contributed by atoms with Gasteiger partial charge in [-0.3, -0.25) is 14.4 Å². The molecule has 2 N–H and O–H groups in total. The first-order valence-corrected chi connectivity index (χ1v) is 8.44. The molecule has 0 saturated carbocycles. The Labute approximate surface area is 146 Å². The van der Waals surface area contributed by atoms with Gasteiger partial charge in [-0.15, -0.1) is 0 Å².